The molecule has 5 aromatic rings. The number of hydrogen-bond acceptors (Lipinski definition) is 1. The zero-order valence-corrected chi connectivity index (χ0v) is 20.2. The van der Waals surface area contributed by atoms with Crippen LogP contribution in [0.25, 0.3) is 28.1 Å². The van der Waals surface area contributed by atoms with Gasteiger partial charge in [-0.1, -0.05) is 12.1 Å². The molecule has 37 heavy (non-hydrogen) atoms. The molecule has 2 aliphatic heterocycles. The van der Waals surface area contributed by atoms with Gasteiger partial charge in [0.1, 0.15) is 5.82 Å². The van der Waals surface area contributed by atoms with E-state index >= 15 is 0 Å². The third-order valence-corrected chi connectivity index (χ3v) is 7.88. The molecule has 0 spiro atoms. The van der Waals surface area contributed by atoms with E-state index in [0.29, 0.717) is 6.04 Å². The molecule has 0 bridgehead atoms. The topological polar surface area (TPSA) is 11.0 Å². The fourth-order valence-electron chi connectivity index (χ4n) is 6.19. The zero-order chi connectivity index (χ0) is 24.5. The van der Waals surface area contributed by atoms with E-state index in [-0.39, 0.29) is 5.82 Å². The third-order valence-electron chi connectivity index (χ3n) is 7.88. The number of hydrogen-bond donors (Lipinski definition) is 0. The molecule has 2 aromatic heterocycles. The van der Waals surface area contributed by atoms with Crippen molar-refractivity contribution >= 4 is 22.6 Å². The molecule has 4 heterocycles. The Morgan fingerprint density at radius 1 is 0.703 bits per heavy atom. The summed E-state index contributed by atoms with van der Waals surface area (Å²) >= 11 is 0. The average Bonchev–Trinajstić information content (AvgIpc) is 3.76. The molecule has 1 aliphatic carbocycles. The number of aromatic nitrogens is 2. The van der Waals surface area contributed by atoms with Crippen LogP contribution < -0.4 is 14.0 Å². The summed E-state index contributed by atoms with van der Waals surface area (Å²) in [6.45, 7) is 0.932. The van der Waals surface area contributed by atoms with E-state index < -0.39 is 0 Å². The number of rotatable bonds is 3. The number of halogens is 1. The fraction of sp³-hybridized carbons (Fsp3) is 0.0909. The third kappa shape index (κ3) is 3.05. The van der Waals surface area contributed by atoms with Crippen molar-refractivity contribution < 1.29 is 13.5 Å². The number of fused-ring (bicyclic) bond motifs is 9. The van der Waals surface area contributed by atoms with E-state index in [2.05, 4.69) is 105 Å². The first-order valence-electron chi connectivity index (χ1n) is 12.8. The van der Waals surface area contributed by atoms with Gasteiger partial charge in [-0.2, -0.15) is 9.13 Å². The lowest BCUT2D eigenvalue weighted by Gasteiger charge is -2.31. The Labute approximate surface area is 215 Å². The molecule has 0 saturated carbocycles. The maximum Gasteiger partial charge on any atom is 0.213 e. The normalized spacial score (nSPS) is 15.9. The van der Waals surface area contributed by atoms with Crippen LogP contribution in [0.5, 0.6) is 0 Å². The molecule has 0 amide bonds. The molecule has 3 nitrogen and oxygen atoms in total. The smallest absolute Gasteiger partial charge is 0.213 e. The highest BCUT2D eigenvalue weighted by molar-refractivity contribution is 5.99. The summed E-state index contributed by atoms with van der Waals surface area (Å²) in [6.07, 6.45) is 7.60. The first-order valence-corrected chi connectivity index (χ1v) is 12.8. The number of benzene rings is 3. The number of aryl methyl sites for hydroxylation is 1. The predicted molar refractivity (Wildman–Crippen MR) is 143 cm³/mol. The molecule has 3 aliphatic rings. The highest BCUT2D eigenvalue weighted by Crippen LogP contribution is 2.53. The van der Waals surface area contributed by atoms with Crippen LogP contribution in [0.4, 0.5) is 21.5 Å². The quantitative estimate of drug-likeness (QED) is 0.261. The monoisotopic (exact) mass is 481 g/mol. The number of anilines is 3. The summed E-state index contributed by atoms with van der Waals surface area (Å²) in [5, 5.41) is 0. The van der Waals surface area contributed by atoms with Gasteiger partial charge in [0.15, 0.2) is 18.9 Å². The Morgan fingerprint density at radius 2 is 1.46 bits per heavy atom. The van der Waals surface area contributed by atoms with Gasteiger partial charge in [0, 0.05) is 47.5 Å². The van der Waals surface area contributed by atoms with Crippen LogP contribution in [-0.4, -0.2) is 0 Å². The minimum atomic E-state index is -0.227. The zero-order valence-electron chi connectivity index (χ0n) is 20.2. The lowest BCUT2D eigenvalue weighted by molar-refractivity contribution is -0.687. The van der Waals surface area contributed by atoms with Crippen LogP contribution in [0.3, 0.4) is 0 Å². The Hall–Kier alpha value is -4.57. The SMILES string of the molecule is Fc1ccc(N(c2cccc3c2CC[n+]2ccccc2-3)c2cccc3c2C2=CC2[n+]2ccccc2-3)cc1. The van der Waals surface area contributed by atoms with Gasteiger partial charge in [0.25, 0.3) is 0 Å². The first-order chi connectivity index (χ1) is 18.3. The summed E-state index contributed by atoms with van der Waals surface area (Å²) in [6, 6.07) is 33.2. The molecule has 0 fully saturated rings. The van der Waals surface area contributed by atoms with Crippen molar-refractivity contribution in [3.63, 3.8) is 0 Å². The molecular formula is C33H24FN3+2. The Bertz CT molecular complexity index is 1750. The molecule has 3 aromatic carbocycles. The van der Waals surface area contributed by atoms with Crippen molar-refractivity contribution in [1.82, 2.24) is 0 Å². The Kier molecular flexibility index (Phi) is 4.30. The first kappa shape index (κ1) is 20.6. The minimum Gasteiger partial charge on any atom is -0.310 e. The van der Waals surface area contributed by atoms with E-state index in [1.54, 1.807) is 12.1 Å². The van der Waals surface area contributed by atoms with Gasteiger partial charge in [-0.3, -0.25) is 0 Å². The molecule has 8 rings (SSSR count). The average molecular weight is 482 g/mol. The summed E-state index contributed by atoms with van der Waals surface area (Å²) in [5.41, 5.74) is 12.1. The second kappa shape index (κ2) is 7.71. The van der Waals surface area contributed by atoms with Crippen LogP contribution >= 0.6 is 0 Å². The molecule has 1 unspecified atom stereocenters. The minimum absolute atomic E-state index is 0.227. The summed E-state index contributed by atoms with van der Waals surface area (Å²) in [7, 11) is 0. The van der Waals surface area contributed by atoms with Gasteiger partial charge in [-0.05, 0) is 72.3 Å². The lowest BCUT2D eigenvalue weighted by Crippen LogP contribution is -2.40. The molecule has 1 atom stereocenters. The number of pyridine rings is 2. The molecule has 0 radical (unpaired) electrons. The molecule has 0 saturated heterocycles. The second-order valence-electron chi connectivity index (χ2n) is 9.90. The highest BCUT2D eigenvalue weighted by atomic mass is 19.1. The van der Waals surface area contributed by atoms with Gasteiger partial charge in [-0.15, -0.1) is 0 Å². The van der Waals surface area contributed by atoms with Crippen LogP contribution in [0.2, 0.25) is 0 Å². The van der Waals surface area contributed by atoms with Crippen molar-refractivity contribution in [3.05, 3.63) is 132 Å². The van der Waals surface area contributed by atoms with Crippen molar-refractivity contribution in [3.8, 4) is 22.5 Å². The standard InChI is InChI=1S/C33H24FN3/c34-22-13-15-23(16-14-22)37(30-11-5-7-24-25(30)17-20-35-18-3-1-9-28(24)35)31-12-6-8-26-29-10-2-4-19-36(29)32-21-27(32)33(26)31/h1-16,18-19,21,32H,17,20H2/q+2. The maximum absolute atomic E-state index is 14.1. The van der Waals surface area contributed by atoms with Gasteiger partial charge >= 0.3 is 0 Å². The van der Waals surface area contributed by atoms with E-state index in [4.69, 9.17) is 0 Å². The summed E-state index contributed by atoms with van der Waals surface area (Å²) in [4.78, 5) is 2.34. The van der Waals surface area contributed by atoms with Crippen molar-refractivity contribution in [2.24, 2.45) is 0 Å². The summed E-state index contributed by atoms with van der Waals surface area (Å²) < 4.78 is 18.7. The Morgan fingerprint density at radius 3 is 2.32 bits per heavy atom. The molecular weight excluding hydrogens is 457 g/mol. The lowest BCUT2D eigenvalue weighted by atomic mass is 9.92. The van der Waals surface area contributed by atoms with Gasteiger partial charge in [-0.25, -0.2) is 4.39 Å². The molecule has 0 N–H and O–H groups in total. The highest BCUT2D eigenvalue weighted by Gasteiger charge is 2.45. The van der Waals surface area contributed by atoms with Gasteiger partial charge < -0.3 is 4.90 Å². The van der Waals surface area contributed by atoms with Crippen molar-refractivity contribution in [2.45, 2.75) is 19.0 Å². The molecule has 176 valence electrons. The fourth-order valence-corrected chi connectivity index (χ4v) is 6.19. The van der Waals surface area contributed by atoms with Crippen LogP contribution in [0.15, 0.2) is 116 Å². The number of nitrogens with zero attached hydrogens (tertiary/aromatic N) is 3. The maximum atomic E-state index is 14.1. The Balaban J connectivity index is 1.39. The van der Waals surface area contributed by atoms with E-state index in [9.17, 15) is 4.39 Å². The van der Waals surface area contributed by atoms with Crippen LogP contribution in [0, 0.1) is 5.82 Å². The van der Waals surface area contributed by atoms with E-state index in [1.165, 1.54) is 39.2 Å². The second-order valence-corrected chi connectivity index (χ2v) is 9.90. The van der Waals surface area contributed by atoms with Gasteiger partial charge in [0.2, 0.25) is 17.4 Å². The molecule has 4 heteroatoms. The van der Waals surface area contributed by atoms with Crippen LogP contribution in [-0.2, 0) is 13.0 Å². The largest absolute Gasteiger partial charge is 0.310 e. The van der Waals surface area contributed by atoms with Gasteiger partial charge in [0.05, 0.1) is 22.5 Å². The predicted octanol–water partition coefficient (Wildman–Crippen LogP) is 6.71. The number of allylic oxidation sites excluding steroid dienone is 2. The van der Waals surface area contributed by atoms with E-state index in [0.717, 1.165) is 30.0 Å². The van der Waals surface area contributed by atoms with Crippen molar-refractivity contribution in [1.29, 1.82) is 0 Å². The van der Waals surface area contributed by atoms with E-state index in [1.807, 2.05) is 12.1 Å². The van der Waals surface area contributed by atoms with Crippen LogP contribution in [0.1, 0.15) is 17.2 Å². The summed E-state index contributed by atoms with van der Waals surface area (Å²) in [5.74, 6) is -0.227. The van der Waals surface area contributed by atoms with Crippen molar-refractivity contribution in [2.75, 3.05) is 4.90 Å².